The number of thiophene rings is 1. The Hall–Kier alpha value is -1.32. The van der Waals surface area contributed by atoms with Gasteiger partial charge in [0, 0.05) is 29.5 Å². The lowest BCUT2D eigenvalue weighted by Crippen LogP contribution is -2.21. The molecule has 2 aromatic rings. The highest BCUT2D eigenvalue weighted by molar-refractivity contribution is 7.12. The summed E-state index contributed by atoms with van der Waals surface area (Å²) in [6.07, 6.45) is 0. The van der Waals surface area contributed by atoms with Crippen molar-refractivity contribution in [2.24, 2.45) is 0 Å². The fourth-order valence-electron chi connectivity index (χ4n) is 2.18. The lowest BCUT2D eigenvalue weighted by Gasteiger charge is -2.20. The van der Waals surface area contributed by atoms with Crippen LogP contribution >= 0.6 is 11.3 Å². The highest BCUT2D eigenvalue weighted by Crippen LogP contribution is 2.29. The van der Waals surface area contributed by atoms with E-state index in [0.29, 0.717) is 6.04 Å². The van der Waals surface area contributed by atoms with Crippen molar-refractivity contribution in [1.29, 1.82) is 0 Å². The summed E-state index contributed by atoms with van der Waals surface area (Å²) in [4.78, 5) is 4.89. The van der Waals surface area contributed by atoms with Crippen LogP contribution in [0.2, 0.25) is 0 Å². The molecule has 0 aliphatic heterocycles. The van der Waals surface area contributed by atoms with E-state index < -0.39 is 0 Å². The molecule has 0 radical (unpaired) electrons. The summed E-state index contributed by atoms with van der Waals surface area (Å²) in [6, 6.07) is 13.5. The molecule has 102 valence electrons. The Morgan fingerprint density at radius 2 is 2.00 bits per heavy atom. The molecular formula is C16H22N2S. The molecule has 2 rings (SSSR count). The highest BCUT2D eigenvalue weighted by atomic mass is 32.1. The molecule has 0 fully saturated rings. The van der Waals surface area contributed by atoms with Crippen molar-refractivity contribution in [3.8, 4) is 0 Å². The van der Waals surface area contributed by atoms with Crippen molar-refractivity contribution in [3.05, 3.63) is 51.7 Å². The van der Waals surface area contributed by atoms with Crippen molar-refractivity contribution in [2.45, 2.75) is 19.9 Å². The van der Waals surface area contributed by atoms with Crippen LogP contribution in [0.3, 0.4) is 0 Å². The monoisotopic (exact) mass is 274 g/mol. The van der Waals surface area contributed by atoms with Gasteiger partial charge in [0.05, 0.1) is 6.04 Å². The summed E-state index contributed by atoms with van der Waals surface area (Å²) in [5.74, 6) is 0. The lowest BCUT2D eigenvalue weighted by atomic mass is 10.0. The van der Waals surface area contributed by atoms with E-state index in [9.17, 15) is 0 Å². The van der Waals surface area contributed by atoms with Crippen LogP contribution in [-0.4, -0.2) is 20.6 Å². The summed E-state index contributed by atoms with van der Waals surface area (Å²) in [5.41, 5.74) is 2.57. The molecule has 0 spiro atoms. The van der Waals surface area contributed by atoms with Crippen LogP contribution in [0.1, 0.15) is 28.3 Å². The normalized spacial score (nSPS) is 12.4. The number of hydrogen-bond acceptors (Lipinski definition) is 3. The largest absolute Gasteiger partial charge is 0.378 e. The van der Waals surface area contributed by atoms with Crippen LogP contribution in [0, 0.1) is 6.92 Å². The van der Waals surface area contributed by atoms with Crippen LogP contribution in [0.25, 0.3) is 0 Å². The van der Waals surface area contributed by atoms with Crippen molar-refractivity contribution in [2.75, 3.05) is 25.5 Å². The SMILES string of the molecule is CCNC(c1cccc(N(C)C)c1)c1ccc(C)s1. The Balaban J connectivity index is 2.36. The van der Waals surface area contributed by atoms with E-state index in [1.807, 2.05) is 11.3 Å². The van der Waals surface area contributed by atoms with Crippen LogP contribution in [0.5, 0.6) is 0 Å². The third kappa shape index (κ3) is 3.37. The predicted octanol–water partition coefficient (Wildman–Crippen LogP) is 3.82. The maximum atomic E-state index is 3.59. The number of nitrogens with zero attached hydrogens (tertiary/aromatic N) is 1. The zero-order chi connectivity index (χ0) is 13.8. The van der Waals surface area contributed by atoms with Crippen molar-refractivity contribution >= 4 is 17.0 Å². The Morgan fingerprint density at radius 1 is 1.21 bits per heavy atom. The summed E-state index contributed by atoms with van der Waals surface area (Å²) in [6.45, 7) is 5.28. The number of rotatable bonds is 5. The minimum Gasteiger partial charge on any atom is -0.378 e. The van der Waals surface area contributed by atoms with Gasteiger partial charge in [0.1, 0.15) is 0 Å². The summed E-state index contributed by atoms with van der Waals surface area (Å²) in [7, 11) is 4.16. The molecule has 0 saturated carbocycles. The maximum Gasteiger partial charge on any atom is 0.0671 e. The van der Waals surface area contributed by atoms with Gasteiger partial charge in [-0.3, -0.25) is 0 Å². The first kappa shape index (κ1) is 14.1. The van der Waals surface area contributed by atoms with E-state index >= 15 is 0 Å². The fourth-order valence-corrected chi connectivity index (χ4v) is 3.16. The Bertz CT molecular complexity index is 531. The van der Waals surface area contributed by atoms with Gasteiger partial charge in [-0.05, 0) is 43.3 Å². The van der Waals surface area contributed by atoms with E-state index in [1.165, 1.54) is 21.0 Å². The zero-order valence-corrected chi connectivity index (χ0v) is 12.9. The van der Waals surface area contributed by atoms with Gasteiger partial charge in [0.25, 0.3) is 0 Å². The summed E-state index contributed by atoms with van der Waals surface area (Å²) < 4.78 is 0. The van der Waals surface area contributed by atoms with E-state index in [2.05, 4.69) is 74.6 Å². The van der Waals surface area contributed by atoms with Crippen molar-refractivity contribution in [3.63, 3.8) is 0 Å². The molecule has 1 atom stereocenters. The van der Waals surface area contributed by atoms with Gasteiger partial charge in [0.15, 0.2) is 0 Å². The van der Waals surface area contributed by atoms with E-state index in [-0.39, 0.29) is 0 Å². The van der Waals surface area contributed by atoms with Crippen LogP contribution in [0.4, 0.5) is 5.69 Å². The first-order chi connectivity index (χ1) is 9.11. The average Bonchev–Trinajstić information content (AvgIpc) is 2.82. The van der Waals surface area contributed by atoms with Crippen LogP contribution < -0.4 is 10.2 Å². The van der Waals surface area contributed by atoms with Crippen molar-refractivity contribution in [1.82, 2.24) is 5.32 Å². The third-order valence-electron chi connectivity index (χ3n) is 3.17. The molecule has 0 bridgehead atoms. The second-order valence-electron chi connectivity index (χ2n) is 4.93. The lowest BCUT2D eigenvalue weighted by molar-refractivity contribution is 0.639. The van der Waals surface area contributed by atoms with Gasteiger partial charge in [0.2, 0.25) is 0 Å². The molecule has 0 aliphatic rings. The van der Waals surface area contributed by atoms with Crippen LogP contribution in [-0.2, 0) is 0 Å². The smallest absolute Gasteiger partial charge is 0.0671 e. The highest BCUT2D eigenvalue weighted by Gasteiger charge is 2.15. The van der Waals surface area contributed by atoms with Crippen LogP contribution in [0.15, 0.2) is 36.4 Å². The minimum absolute atomic E-state index is 0.295. The molecule has 1 aromatic heterocycles. The number of hydrogen-bond donors (Lipinski definition) is 1. The van der Waals surface area contributed by atoms with Gasteiger partial charge < -0.3 is 10.2 Å². The molecular weight excluding hydrogens is 252 g/mol. The average molecular weight is 274 g/mol. The van der Waals surface area contributed by atoms with Gasteiger partial charge in [-0.2, -0.15) is 0 Å². The van der Waals surface area contributed by atoms with E-state index in [4.69, 9.17) is 0 Å². The molecule has 19 heavy (non-hydrogen) atoms. The molecule has 1 N–H and O–H groups in total. The zero-order valence-electron chi connectivity index (χ0n) is 12.1. The molecule has 1 aromatic carbocycles. The first-order valence-electron chi connectivity index (χ1n) is 6.69. The standard InChI is InChI=1S/C16H22N2S/c1-5-17-16(15-10-9-12(2)19-15)13-7-6-8-14(11-13)18(3)4/h6-11,16-17H,5H2,1-4H3. The van der Waals surface area contributed by atoms with Gasteiger partial charge in [-0.15, -0.1) is 11.3 Å². The van der Waals surface area contributed by atoms with Gasteiger partial charge >= 0.3 is 0 Å². The van der Waals surface area contributed by atoms with Crippen molar-refractivity contribution < 1.29 is 0 Å². The third-order valence-corrected chi connectivity index (χ3v) is 4.24. The molecule has 2 nitrogen and oxygen atoms in total. The molecule has 0 aliphatic carbocycles. The van der Waals surface area contributed by atoms with E-state index in [1.54, 1.807) is 0 Å². The molecule has 1 heterocycles. The molecule has 3 heteroatoms. The molecule has 0 amide bonds. The number of benzene rings is 1. The predicted molar refractivity (Wildman–Crippen MR) is 85.3 cm³/mol. The number of nitrogens with one attached hydrogen (secondary N) is 1. The van der Waals surface area contributed by atoms with E-state index in [0.717, 1.165) is 6.54 Å². The Morgan fingerprint density at radius 3 is 2.58 bits per heavy atom. The van der Waals surface area contributed by atoms with Gasteiger partial charge in [-0.1, -0.05) is 19.1 Å². The first-order valence-corrected chi connectivity index (χ1v) is 7.50. The molecule has 0 saturated heterocycles. The second-order valence-corrected chi connectivity index (χ2v) is 6.25. The Labute approximate surface area is 120 Å². The molecule has 1 unspecified atom stereocenters. The quantitative estimate of drug-likeness (QED) is 0.891. The summed E-state index contributed by atoms with van der Waals surface area (Å²) >= 11 is 1.87. The maximum absolute atomic E-state index is 3.59. The van der Waals surface area contributed by atoms with Gasteiger partial charge in [-0.25, -0.2) is 0 Å². The number of anilines is 1. The number of aryl methyl sites for hydroxylation is 1. The minimum atomic E-state index is 0.295. The second kappa shape index (κ2) is 6.22. The fraction of sp³-hybridized carbons (Fsp3) is 0.375. The Kier molecular flexibility index (Phi) is 4.61. The summed E-state index contributed by atoms with van der Waals surface area (Å²) in [5, 5.41) is 3.59. The topological polar surface area (TPSA) is 15.3 Å².